The summed E-state index contributed by atoms with van der Waals surface area (Å²) in [6.07, 6.45) is 10.7. The molecule has 9 heteroatoms. The number of fused-ring (bicyclic) bond motifs is 2. The first-order chi connectivity index (χ1) is 20.6. The van der Waals surface area contributed by atoms with Crippen LogP contribution in [0.15, 0.2) is 67.5 Å². The highest BCUT2D eigenvalue weighted by atomic mass is 16.2. The zero-order chi connectivity index (χ0) is 28.6. The molecule has 4 aromatic rings. The third-order valence-corrected chi connectivity index (χ3v) is 8.82. The lowest BCUT2D eigenvalue weighted by molar-refractivity contribution is -0.123. The van der Waals surface area contributed by atoms with Gasteiger partial charge in [0.05, 0.1) is 36.2 Å². The monoisotopic (exact) mass is 562 g/mol. The number of aromatic nitrogens is 4. The van der Waals surface area contributed by atoms with E-state index in [1.165, 1.54) is 11.1 Å². The van der Waals surface area contributed by atoms with Crippen LogP contribution in [0.5, 0.6) is 0 Å². The number of amides is 1. The number of anilines is 4. The Labute approximate surface area is 246 Å². The number of benzene rings is 2. The minimum absolute atomic E-state index is 0.135. The zero-order valence-corrected chi connectivity index (χ0v) is 24.1. The van der Waals surface area contributed by atoms with E-state index in [1.807, 2.05) is 29.2 Å². The van der Waals surface area contributed by atoms with Crippen LogP contribution in [0.2, 0.25) is 0 Å². The number of rotatable bonds is 9. The number of carbonyl (C=O) groups excluding carboxylic acids is 1. The molecule has 42 heavy (non-hydrogen) atoms. The smallest absolute Gasteiger partial charge is 0.229 e. The Morgan fingerprint density at radius 3 is 2.88 bits per heavy atom. The highest BCUT2D eigenvalue weighted by Crippen LogP contribution is 2.40. The molecule has 9 nitrogen and oxygen atoms in total. The lowest BCUT2D eigenvalue weighted by Gasteiger charge is -2.36. The Bertz CT molecular complexity index is 1630. The number of hydrogen-bond acceptors (Lipinski definition) is 7. The number of piperidine rings is 1. The molecule has 3 heterocycles. The second-order valence-corrected chi connectivity index (χ2v) is 12.0. The van der Waals surface area contributed by atoms with Gasteiger partial charge in [0.15, 0.2) is 5.82 Å². The maximum Gasteiger partial charge on any atom is 0.229 e. The molecule has 2 aromatic carbocycles. The van der Waals surface area contributed by atoms with Crippen LogP contribution in [-0.2, 0) is 17.8 Å². The van der Waals surface area contributed by atoms with Gasteiger partial charge in [-0.05, 0) is 67.3 Å². The molecule has 7 rings (SSSR count). The van der Waals surface area contributed by atoms with Gasteiger partial charge in [0.25, 0.3) is 0 Å². The Morgan fingerprint density at radius 2 is 2.02 bits per heavy atom. The van der Waals surface area contributed by atoms with Crippen LogP contribution in [0, 0.1) is 11.8 Å². The van der Waals surface area contributed by atoms with Gasteiger partial charge in [0.2, 0.25) is 11.9 Å². The van der Waals surface area contributed by atoms with Crippen molar-refractivity contribution in [3.05, 3.63) is 78.6 Å². The fourth-order valence-corrected chi connectivity index (χ4v) is 6.46. The van der Waals surface area contributed by atoms with Crippen molar-refractivity contribution in [2.24, 2.45) is 11.8 Å². The molecule has 3 aliphatic rings. The van der Waals surface area contributed by atoms with E-state index in [-0.39, 0.29) is 23.9 Å². The summed E-state index contributed by atoms with van der Waals surface area (Å²) < 4.78 is 1.93. The summed E-state index contributed by atoms with van der Waals surface area (Å²) in [5.41, 5.74) is 5.62. The van der Waals surface area contributed by atoms with Crippen LogP contribution in [0.25, 0.3) is 10.9 Å². The van der Waals surface area contributed by atoms with Gasteiger partial charge in [-0.1, -0.05) is 37.3 Å². The molecule has 1 saturated heterocycles. The van der Waals surface area contributed by atoms with Crippen molar-refractivity contribution in [1.82, 2.24) is 25.1 Å². The standard InChI is InChI=1S/C33H38N8O/c1-3-14-41-28-17-25(13-12-24(28)18-35-41)37-33-34-19-29(40-15-6-8-26(20-40)36-32(42)22-10-11-22)31(39-33)38-30-21(2)16-23-7-4-5-9-27(23)30/h3-5,7,9,12-13,17-19,21-22,26,30H,1,6,8,10-11,14-16,20H2,2H3,(H,36,42)(H2,34,37,38,39)/t21-,26+,30?/m1/s1. The van der Waals surface area contributed by atoms with Crippen LogP contribution in [0.1, 0.15) is 49.8 Å². The molecule has 1 amide bonds. The van der Waals surface area contributed by atoms with Gasteiger partial charge < -0.3 is 20.9 Å². The van der Waals surface area contributed by atoms with Crippen LogP contribution >= 0.6 is 0 Å². The average Bonchev–Trinajstić information content (AvgIpc) is 3.72. The molecule has 216 valence electrons. The minimum Gasteiger partial charge on any atom is -0.365 e. The fourth-order valence-electron chi connectivity index (χ4n) is 6.46. The normalized spacial score (nSPS) is 21.6. The van der Waals surface area contributed by atoms with E-state index in [4.69, 9.17) is 9.97 Å². The number of carbonyl (C=O) groups is 1. The van der Waals surface area contributed by atoms with Crippen molar-refractivity contribution < 1.29 is 4.79 Å². The van der Waals surface area contributed by atoms with Crippen LogP contribution in [0.3, 0.4) is 0 Å². The molecule has 1 saturated carbocycles. The Morgan fingerprint density at radius 1 is 1.14 bits per heavy atom. The van der Waals surface area contributed by atoms with Crippen LogP contribution < -0.4 is 20.9 Å². The highest BCUT2D eigenvalue weighted by Gasteiger charge is 2.34. The third kappa shape index (κ3) is 5.31. The predicted octanol–water partition coefficient (Wildman–Crippen LogP) is 5.60. The summed E-state index contributed by atoms with van der Waals surface area (Å²) in [6, 6.07) is 15.1. The number of nitrogens with zero attached hydrogens (tertiary/aromatic N) is 5. The van der Waals surface area contributed by atoms with E-state index >= 15 is 0 Å². The van der Waals surface area contributed by atoms with Crippen molar-refractivity contribution in [1.29, 1.82) is 0 Å². The maximum atomic E-state index is 12.5. The molecule has 3 atom stereocenters. The van der Waals surface area contributed by atoms with Crippen molar-refractivity contribution in [2.45, 2.75) is 57.7 Å². The quantitative estimate of drug-likeness (QED) is 0.229. The van der Waals surface area contributed by atoms with Crippen LogP contribution in [0.4, 0.5) is 23.1 Å². The molecular weight excluding hydrogens is 524 g/mol. The molecular formula is C33H38N8O. The Hall–Kier alpha value is -4.40. The lowest BCUT2D eigenvalue weighted by atomic mass is 10.0. The third-order valence-electron chi connectivity index (χ3n) is 8.82. The summed E-state index contributed by atoms with van der Waals surface area (Å²) >= 11 is 0. The van der Waals surface area contributed by atoms with Crippen molar-refractivity contribution in [3.8, 4) is 0 Å². The van der Waals surface area contributed by atoms with E-state index in [2.05, 4.69) is 75.8 Å². The molecule has 2 aromatic heterocycles. The molecule has 1 unspecified atom stereocenters. The summed E-state index contributed by atoms with van der Waals surface area (Å²) in [4.78, 5) is 24.7. The molecule has 0 spiro atoms. The second-order valence-electron chi connectivity index (χ2n) is 12.0. The van der Waals surface area contributed by atoms with Gasteiger partial charge in [0.1, 0.15) is 0 Å². The number of allylic oxidation sites excluding steroid dienone is 1. The van der Waals surface area contributed by atoms with Crippen molar-refractivity contribution >= 4 is 40.0 Å². The van der Waals surface area contributed by atoms with Crippen molar-refractivity contribution in [3.63, 3.8) is 0 Å². The van der Waals surface area contributed by atoms with E-state index in [1.54, 1.807) is 0 Å². The maximum absolute atomic E-state index is 12.5. The molecule has 0 bridgehead atoms. The van der Waals surface area contributed by atoms with Gasteiger partial charge in [-0.3, -0.25) is 9.48 Å². The number of hydrogen-bond donors (Lipinski definition) is 3. The summed E-state index contributed by atoms with van der Waals surface area (Å²) in [5.74, 6) is 2.20. The largest absolute Gasteiger partial charge is 0.365 e. The molecule has 2 aliphatic carbocycles. The van der Waals surface area contributed by atoms with Gasteiger partial charge in [-0.15, -0.1) is 6.58 Å². The van der Waals surface area contributed by atoms with Gasteiger partial charge in [0, 0.05) is 36.1 Å². The van der Waals surface area contributed by atoms with E-state index < -0.39 is 0 Å². The van der Waals surface area contributed by atoms with Gasteiger partial charge >= 0.3 is 0 Å². The first-order valence-corrected chi connectivity index (χ1v) is 15.2. The molecule has 1 aliphatic heterocycles. The first kappa shape index (κ1) is 26.5. The first-order valence-electron chi connectivity index (χ1n) is 15.2. The summed E-state index contributed by atoms with van der Waals surface area (Å²) in [7, 11) is 0. The summed E-state index contributed by atoms with van der Waals surface area (Å²) in [6.45, 7) is 8.45. The predicted molar refractivity (Wildman–Crippen MR) is 167 cm³/mol. The van der Waals surface area contributed by atoms with Crippen molar-refractivity contribution in [2.75, 3.05) is 28.6 Å². The number of nitrogens with one attached hydrogen (secondary N) is 3. The lowest BCUT2D eigenvalue weighted by Crippen LogP contribution is -2.48. The zero-order valence-electron chi connectivity index (χ0n) is 24.1. The molecule has 0 radical (unpaired) electrons. The molecule has 2 fully saturated rings. The topological polar surface area (TPSA) is 100 Å². The SMILES string of the molecule is C=CCn1ncc2ccc(Nc3ncc(N4CCC[C@H](NC(=O)C5CC5)C4)c(NC4c5ccccc5C[C@H]4C)n3)cc21. The van der Waals surface area contributed by atoms with Crippen LogP contribution in [-0.4, -0.2) is 44.8 Å². The van der Waals surface area contributed by atoms with E-state index in [0.29, 0.717) is 18.4 Å². The average molecular weight is 563 g/mol. The van der Waals surface area contributed by atoms with E-state index in [0.717, 1.165) is 73.3 Å². The highest BCUT2D eigenvalue weighted by molar-refractivity contribution is 5.83. The Kier molecular flexibility index (Phi) is 7.01. The fraction of sp³-hybridized carbons (Fsp3) is 0.394. The second kappa shape index (κ2) is 11.1. The minimum atomic E-state index is 0.135. The summed E-state index contributed by atoms with van der Waals surface area (Å²) in [5, 5.41) is 16.1. The van der Waals surface area contributed by atoms with Gasteiger partial charge in [-0.2, -0.15) is 10.1 Å². The Balaban J connectivity index is 1.19. The van der Waals surface area contributed by atoms with Gasteiger partial charge in [-0.25, -0.2) is 4.98 Å². The van der Waals surface area contributed by atoms with E-state index in [9.17, 15) is 4.79 Å². The molecule has 3 N–H and O–H groups in total.